The summed E-state index contributed by atoms with van der Waals surface area (Å²) in [5.74, 6) is 0.682. The molecule has 0 spiro atoms. The molecule has 0 aliphatic heterocycles. The molecular formula is C9H12ClNO2. The highest BCUT2D eigenvalue weighted by molar-refractivity contribution is 5.97. The van der Waals surface area contributed by atoms with Crippen molar-refractivity contribution in [2.45, 2.75) is 0 Å². The second-order valence-corrected chi connectivity index (χ2v) is 2.36. The van der Waals surface area contributed by atoms with Crippen LogP contribution in [0.4, 0.5) is 0 Å². The van der Waals surface area contributed by atoms with E-state index < -0.39 is 0 Å². The summed E-state index contributed by atoms with van der Waals surface area (Å²) in [6.45, 7) is 0.0479. The molecule has 0 fully saturated rings. The van der Waals surface area contributed by atoms with Gasteiger partial charge < -0.3 is 10.5 Å². The van der Waals surface area contributed by atoms with Crippen molar-refractivity contribution >= 4 is 18.2 Å². The van der Waals surface area contributed by atoms with Gasteiger partial charge in [-0.1, -0.05) is 0 Å². The molecule has 1 aromatic carbocycles. The van der Waals surface area contributed by atoms with Gasteiger partial charge in [-0.25, -0.2) is 0 Å². The van der Waals surface area contributed by atoms with Crippen LogP contribution in [0.5, 0.6) is 5.75 Å². The monoisotopic (exact) mass is 201 g/mol. The molecule has 0 bridgehead atoms. The van der Waals surface area contributed by atoms with E-state index in [1.807, 2.05) is 0 Å². The first-order chi connectivity index (χ1) is 5.77. The van der Waals surface area contributed by atoms with Crippen molar-refractivity contribution < 1.29 is 9.53 Å². The fraction of sp³-hybridized carbons (Fsp3) is 0.222. The van der Waals surface area contributed by atoms with E-state index in [-0.39, 0.29) is 24.7 Å². The Morgan fingerprint density at radius 3 is 2.31 bits per heavy atom. The summed E-state index contributed by atoms with van der Waals surface area (Å²) >= 11 is 0. The summed E-state index contributed by atoms with van der Waals surface area (Å²) < 4.78 is 4.94. The van der Waals surface area contributed by atoms with Crippen molar-refractivity contribution in [3.8, 4) is 5.75 Å². The quantitative estimate of drug-likeness (QED) is 0.750. The second kappa shape index (κ2) is 5.56. The maximum absolute atomic E-state index is 11.0. The Balaban J connectivity index is 0.00000144. The van der Waals surface area contributed by atoms with Crippen molar-refractivity contribution in [2.24, 2.45) is 5.73 Å². The molecule has 1 rings (SSSR count). The number of methoxy groups -OCH3 is 1. The minimum Gasteiger partial charge on any atom is -0.497 e. The van der Waals surface area contributed by atoms with Gasteiger partial charge in [0.25, 0.3) is 0 Å². The smallest absolute Gasteiger partial charge is 0.176 e. The van der Waals surface area contributed by atoms with Gasteiger partial charge in [-0.05, 0) is 24.3 Å². The van der Waals surface area contributed by atoms with Gasteiger partial charge in [0.15, 0.2) is 5.78 Å². The molecule has 0 aliphatic carbocycles. The van der Waals surface area contributed by atoms with Gasteiger partial charge >= 0.3 is 0 Å². The molecule has 0 heterocycles. The number of carbonyl (C=O) groups is 1. The summed E-state index contributed by atoms with van der Waals surface area (Å²) in [5, 5.41) is 0. The predicted molar refractivity (Wildman–Crippen MR) is 53.6 cm³/mol. The molecule has 0 unspecified atom stereocenters. The summed E-state index contributed by atoms with van der Waals surface area (Å²) in [4.78, 5) is 11.0. The van der Waals surface area contributed by atoms with Gasteiger partial charge in [0.05, 0.1) is 13.7 Å². The molecule has 0 radical (unpaired) electrons. The number of hydrogen-bond acceptors (Lipinski definition) is 3. The van der Waals surface area contributed by atoms with Crippen LogP contribution in [-0.4, -0.2) is 19.4 Å². The van der Waals surface area contributed by atoms with Crippen LogP contribution < -0.4 is 10.5 Å². The highest BCUT2D eigenvalue weighted by Crippen LogP contribution is 2.11. The van der Waals surface area contributed by atoms with E-state index in [4.69, 9.17) is 10.5 Å². The van der Waals surface area contributed by atoms with Crippen LogP contribution in [0.15, 0.2) is 24.3 Å². The number of rotatable bonds is 3. The zero-order chi connectivity index (χ0) is 8.97. The summed E-state index contributed by atoms with van der Waals surface area (Å²) in [6.07, 6.45) is 0. The van der Waals surface area contributed by atoms with E-state index in [2.05, 4.69) is 0 Å². The van der Waals surface area contributed by atoms with Crippen molar-refractivity contribution in [3.05, 3.63) is 29.8 Å². The van der Waals surface area contributed by atoms with E-state index in [1.54, 1.807) is 31.4 Å². The topological polar surface area (TPSA) is 52.3 Å². The summed E-state index contributed by atoms with van der Waals surface area (Å²) in [6, 6.07) is 6.88. The van der Waals surface area contributed by atoms with Gasteiger partial charge in [-0.2, -0.15) is 0 Å². The van der Waals surface area contributed by atoms with Gasteiger partial charge in [0.1, 0.15) is 5.75 Å². The third kappa shape index (κ3) is 3.05. The maximum atomic E-state index is 11.0. The lowest BCUT2D eigenvalue weighted by Crippen LogP contribution is -2.13. The first-order valence-corrected chi connectivity index (χ1v) is 3.65. The fourth-order valence-corrected chi connectivity index (χ4v) is 0.895. The molecule has 0 atom stereocenters. The molecule has 0 amide bonds. The molecular weight excluding hydrogens is 190 g/mol. The van der Waals surface area contributed by atoms with Crippen molar-refractivity contribution in [1.29, 1.82) is 0 Å². The lowest BCUT2D eigenvalue weighted by molar-refractivity contribution is 0.100. The number of ketones is 1. The third-order valence-corrected chi connectivity index (χ3v) is 1.60. The molecule has 0 saturated heterocycles. The number of ether oxygens (including phenoxy) is 1. The first kappa shape index (κ1) is 11.9. The lowest BCUT2D eigenvalue weighted by Gasteiger charge is -2.00. The Kier molecular flexibility index (Phi) is 5.11. The van der Waals surface area contributed by atoms with Crippen LogP contribution in [0.25, 0.3) is 0 Å². The fourth-order valence-electron chi connectivity index (χ4n) is 0.895. The zero-order valence-electron chi connectivity index (χ0n) is 7.32. The normalized spacial score (nSPS) is 8.77. The Morgan fingerprint density at radius 2 is 1.92 bits per heavy atom. The van der Waals surface area contributed by atoms with Crippen LogP contribution >= 0.6 is 12.4 Å². The van der Waals surface area contributed by atoms with Gasteiger partial charge in [0.2, 0.25) is 0 Å². The number of carbonyl (C=O) groups excluding carboxylic acids is 1. The van der Waals surface area contributed by atoms with Crippen LogP contribution in [0.1, 0.15) is 10.4 Å². The highest BCUT2D eigenvalue weighted by Gasteiger charge is 2.01. The molecule has 72 valence electrons. The van der Waals surface area contributed by atoms with E-state index in [1.165, 1.54) is 0 Å². The molecule has 0 aliphatic rings. The van der Waals surface area contributed by atoms with Crippen LogP contribution in [0, 0.1) is 0 Å². The number of nitrogens with two attached hydrogens (primary N) is 1. The molecule has 0 aromatic heterocycles. The maximum Gasteiger partial charge on any atom is 0.176 e. The zero-order valence-corrected chi connectivity index (χ0v) is 8.14. The SMILES string of the molecule is COc1ccc(C(=O)CN)cc1.Cl. The number of hydrogen-bond donors (Lipinski definition) is 1. The van der Waals surface area contributed by atoms with E-state index in [0.717, 1.165) is 5.75 Å². The van der Waals surface area contributed by atoms with Gasteiger partial charge in [-0.3, -0.25) is 4.79 Å². The Bertz CT molecular complexity index is 271. The van der Waals surface area contributed by atoms with Gasteiger partial charge in [0, 0.05) is 5.56 Å². The summed E-state index contributed by atoms with van der Waals surface area (Å²) in [7, 11) is 1.58. The lowest BCUT2D eigenvalue weighted by atomic mass is 10.1. The average Bonchev–Trinajstić information content (AvgIpc) is 2.17. The van der Waals surface area contributed by atoms with E-state index in [9.17, 15) is 4.79 Å². The summed E-state index contributed by atoms with van der Waals surface area (Å²) in [5.41, 5.74) is 5.82. The van der Waals surface area contributed by atoms with Crippen molar-refractivity contribution in [2.75, 3.05) is 13.7 Å². The van der Waals surface area contributed by atoms with Crippen molar-refractivity contribution in [1.82, 2.24) is 0 Å². The molecule has 13 heavy (non-hydrogen) atoms. The van der Waals surface area contributed by atoms with E-state index in [0.29, 0.717) is 5.56 Å². The number of halogens is 1. The van der Waals surface area contributed by atoms with Crippen LogP contribution in [0.2, 0.25) is 0 Å². The average molecular weight is 202 g/mol. The Labute approximate surface area is 83.3 Å². The predicted octanol–water partition coefficient (Wildman–Crippen LogP) is 1.26. The minimum absolute atomic E-state index is 0. The molecule has 4 heteroatoms. The largest absolute Gasteiger partial charge is 0.497 e. The Hall–Kier alpha value is -1.06. The van der Waals surface area contributed by atoms with Crippen molar-refractivity contribution in [3.63, 3.8) is 0 Å². The van der Waals surface area contributed by atoms with E-state index >= 15 is 0 Å². The standard InChI is InChI=1S/C9H11NO2.ClH/c1-12-8-4-2-7(3-5-8)9(11)6-10;/h2-5H,6,10H2,1H3;1H. The van der Waals surface area contributed by atoms with Crippen LogP contribution in [-0.2, 0) is 0 Å². The Morgan fingerprint density at radius 1 is 1.38 bits per heavy atom. The first-order valence-electron chi connectivity index (χ1n) is 3.65. The second-order valence-electron chi connectivity index (χ2n) is 2.36. The highest BCUT2D eigenvalue weighted by atomic mass is 35.5. The molecule has 1 aromatic rings. The van der Waals surface area contributed by atoms with Gasteiger partial charge in [-0.15, -0.1) is 12.4 Å². The van der Waals surface area contributed by atoms with Crippen LogP contribution in [0.3, 0.4) is 0 Å². The number of benzene rings is 1. The minimum atomic E-state index is -0.0577. The molecule has 0 saturated carbocycles. The third-order valence-electron chi connectivity index (χ3n) is 1.60. The molecule has 2 N–H and O–H groups in total. The molecule has 3 nitrogen and oxygen atoms in total. The number of Topliss-reactive ketones (excluding diaryl/α,β-unsaturated/α-hetero) is 1.